The molecule has 0 spiro atoms. The van der Waals surface area contributed by atoms with Crippen LogP contribution >= 0.6 is 23.1 Å². The molecule has 144 valence electrons. The number of ether oxygens (including phenoxy) is 1. The molecule has 1 fully saturated rings. The highest BCUT2D eigenvalue weighted by molar-refractivity contribution is 8.01. The molecule has 1 aromatic rings. The van der Waals surface area contributed by atoms with E-state index in [4.69, 9.17) is 0 Å². The second-order valence-electron chi connectivity index (χ2n) is 6.02. The molecule has 0 saturated carbocycles. The maximum atomic E-state index is 12.4. The summed E-state index contributed by atoms with van der Waals surface area (Å²) in [6.45, 7) is 0.0548. The quantitative estimate of drug-likeness (QED) is 0.233. The van der Waals surface area contributed by atoms with E-state index in [9.17, 15) is 19.2 Å². The van der Waals surface area contributed by atoms with Gasteiger partial charge in [-0.3, -0.25) is 24.1 Å². The van der Waals surface area contributed by atoms with Gasteiger partial charge in [-0.2, -0.15) is 0 Å². The van der Waals surface area contributed by atoms with Crippen LogP contribution in [0.15, 0.2) is 16.5 Å². The third kappa shape index (κ3) is 4.53. The van der Waals surface area contributed by atoms with Gasteiger partial charge in [0.15, 0.2) is 4.34 Å². The first-order valence-corrected chi connectivity index (χ1v) is 10.1. The Labute approximate surface area is 163 Å². The minimum absolute atomic E-state index is 0.00539. The average Bonchev–Trinajstić information content (AvgIpc) is 3.21. The number of carbonyl (C=O) groups excluding carboxylic acids is 4. The van der Waals surface area contributed by atoms with Crippen molar-refractivity contribution < 1.29 is 23.9 Å². The number of hydrogen-bond acceptors (Lipinski definition) is 9. The molecular weight excluding hydrogens is 392 g/mol. The first-order chi connectivity index (χ1) is 13.0. The Bertz CT molecular complexity index is 768. The van der Waals surface area contributed by atoms with E-state index in [0.29, 0.717) is 22.3 Å². The van der Waals surface area contributed by atoms with E-state index < -0.39 is 0 Å². The molecule has 2 heterocycles. The Morgan fingerprint density at radius 2 is 1.93 bits per heavy atom. The lowest BCUT2D eigenvalue weighted by Gasteiger charge is -2.14. The van der Waals surface area contributed by atoms with Crippen molar-refractivity contribution in [1.29, 1.82) is 0 Å². The standard InChI is InChI=1S/C16H18N4O5S2/c1-25-12(22)8-26-16-19-18-15(27-16)17-11(21)6-7-20-13(23)9-4-2-3-5-10(9)14(20)24/h2-3,9-10H,4-8H2,1H3,(H,17,18,21)/t9-,10+. The fraction of sp³-hybridized carbons (Fsp3) is 0.500. The number of amides is 3. The van der Waals surface area contributed by atoms with Crippen molar-refractivity contribution in [2.75, 3.05) is 24.7 Å². The van der Waals surface area contributed by atoms with Crippen LogP contribution in [-0.4, -0.2) is 58.2 Å². The van der Waals surface area contributed by atoms with E-state index in [1.807, 2.05) is 12.2 Å². The Morgan fingerprint density at radius 3 is 2.56 bits per heavy atom. The number of nitrogens with zero attached hydrogens (tertiary/aromatic N) is 3. The summed E-state index contributed by atoms with van der Waals surface area (Å²) in [5.41, 5.74) is 0. The summed E-state index contributed by atoms with van der Waals surface area (Å²) in [7, 11) is 1.30. The molecule has 0 unspecified atom stereocenters. The number of aromatic nitrogens is 2. The van der Waals surface area contributed by atoms with Crippen LogP contribution < -0.4 is 5.32 Å². The number of allylic oxidation sites excluding steroid dienone is 2. The van der Waals surface area contributed by atoms with Crippen molar-refractivity contribution in [2.45, 2.75) is 23.6 Å². The number of rotatable bonds is 7. The molecule has 3 rings (SSSR count). The summed E-state index contributed by atoms with van der Waals surface area (Å²) in [6, 6.07) is 0. The lowest BCUT2D eigenvalue weighted by atomic mass is 9.85. The second kappa shape index (κ2) is 8.61. The number of imide groups is 1. The third-order valence-electron chi connectivity index (χ3n) is 4.36. The smallest absolute Gasteiger partial charge is 0.316 e. The molecule has 1 saturated heterocycles. The SMILES string of the molecule is COC(=O)CSc1nnc(NC(=O)CCN2C(=O)[C@H]3CC=CC[C@H]3C2=O)s1. The molecule has 1 N–H and O–H groups in total. The zero-order valence-corrected chi connectivity index (χ0v) is 16.2. The van der Waals surface area contributed by atoms with Crippen molar-refractivity contribution in [3.63, 3.8) is 0 Å². The van der Waals surface area contributed by atoms with E-state index in [2.05, 4.69) is 20.3 Å². The van der Waals surface area contributed by atoms with Crippen LogP contribution in [0.4, 0.5) is 5.13 Å². The Balaban J connectivity index is 1.47. The minimum Gasteiger partial charge on any atom is -0.468 e. The van der Waals surface area contributed by atoms with Crippen LogP contribution in [0.25, 0.3) is 0 Å². The lowest BCUT2D eigenvalue weighted by Crippen LogP contribution is -2.34. The highest BCUT2D eigenvalue weighted by Crippen LogP contribution is 2.35. The molecule has 1 aliphatic carbocycles. The molecule has 2 aliphatic rings. The van der Waals surface area contributed by atoms with Crippen molar-refractivity contribution >= 4 is 51.9 Å². The van der Waals surface area contributed by atoms with Crippen LogP contribution in [0.3, 0.4) is 0 Å². The highest BCUT2D eigenvalue weighted by Gasteiger charge is 2.46. The van der Waals surface area contributed by atoms with Gasteiger partial charge in [-0.05, 0) is 12.8 Å². The van der Waals surface area contributed by atoms with Gasteiger partial charge in [0.25, 0.3) is 0 Å². The molecule has 3 amide bonds. The molecular formula is C16H18N4O5S2. The number of methoxy groups -OCH3 is 1. The molecule has 1 aromatic heterocycles. The average molecular weight is 410 g/mol. The number of esters is 1. The van der Waals surface area contributed by atoms with E-state index in [-0.39, 0.29) is 54.2 Å². The number of likely N-dealkylation sites (tertiary alicyclic amines) is 1. The summed E-state index contributed by atoms with van der Waals surface area (Å²) >= 11 is 2.30. The molecule has 0 aromatic carbocycles. The molecule has 2 atom stereocenters. The molecule has 1 aliphatic heterocycles. The highest BCUT2D eigenvalue weighted by atomic mass is 32.2. The summed E-state index contributed by atoms with van der Waals surface area (Å²) in [4.78, 5) is 49.1. The Kier molecular flexibility index (Phi) is 6.22. The largest absolute Gasteiger partial charge is 0.468 e. The van der Waals surface area contributed by atoms with Crippen LogP contribution in [0, 0.1) is 11.8 Å². The Morgan fingerprint density at radius 1 is 1.26 bits per heavy atom. The summed E-state index contributed by atoms with van der Waals surface area (Å²) in [5.74, 6) is -1.60. The summed E-state index contributed by atoms with van der Waals surface area (Å²) in [6.07, 6.45) is 5.00. The van der Waals surface area contributed by atoms with Gasteiger partial charge in [-0.25, -0.2) is 0 Å². The number of fused-ring (bicyclic) bond motifs is 1. The van der Waals surface area contributed by atoms with E-state index in [1.54, 1.807) is 0 Å². The minimum atomic E-state index is -0.378. The van der Waals surface area contributed by atoms with Crippen molar-refractivity contribution in [2.24, 2.45) is 11.8 Å². The fourth-order valence-corrected chi connectivity index (χ4v) is 4.58. The maximum Gasteiger partial charge on any atom is 0.316 e. The second-order valence-corrected chi connectivity index (χ2v) is 8.22. The fourth-order valence-electron chi connectivity index (χ4n) is 2.98. The van der Waals surface area contributed by atoms with E-state index in [0.717, 1.165) is 23.1 Å². The van der Waals surface area contributed by atoms with Gasteiger partial charge in [-0.1, -0.05) is 35.3 Å². The first kappa shape index (κ1) is 19.5. The topological polar surface area (TPSA) is 119 Å². The summed E-state index contributed by atoms with van der Waals surface area (Å²) < 4.78 is 5.06. The predicted octanol–water partition coefficient (Wildman–Crippen LogP) is 1.08. The summed E-state index contributed by atoms with van der Waals surface area (Å²) in [5, 5.41) is 10.6. The maximum absolute atomic E-state index is 12.4. The van der Waals surface area contributed by atoms with Crippen LogP contribution in [0.5, 0.6) is 0 Å². The van der Waals surface area contributed by atoms with Crippen molar-refractivity contribution in [3.8, 4) is 0 Å². The number of carbonyl (C=O) groups is 4. The predicted molar refractivity (Wildman–Crippen MR) is 98.0 cm³/mol. The molecule has 27 heavy (non-hydrogen) atoms. The Hall–Kier alpha value is -2.27. The van der Waals surface area contributed by atoms with Gasteiger partial charge in [0, 0.05) is 13.0 Å². The number of anilines is 1. The number of hydrogen-bond donors (Lipinski definition) is 1. The number of thioether (sulfide) groups is 1. The lowest BCUT2D eigenvalue weighted by molar-refractivity contribution is -0.140. The van der Waals surface area contributed by atoms with Gasteiger partial charge in [0.05, 0.1) is 24.7 Å². The normalized spacial score (nSPS) is 21.3. The van der Waals surface area contributed by atoms with Gasteiger partial charge in [0.2, 0.25) is 22.9 Å². The van der Waals surface area contributed by atoms with Crippen molar-refractivity contribution in [1.82, 2.24) is 15.1 Å². The van der Waals surface area contributed by atoms with Gasteiger partial charge in [0.1, 0.15) is 0 Å². The zero-order chi connectivity index (χ0) is 19.4. The number of nitrogens with one attached hydrogen (secondary N) is 1. The monoisotopic (exact) mass is 410 g/mol. The van der Waals surface area contributed by atoms with Gasteiger partial charge >= 0.3 is 5.97 Å². The molecule has 0 bridgehead atoms. The van der Waals surface area contributed by atoms with E-state index >= 15 is 0 Å². The van der Waals surface area contributed by atoms with Crippen molar-refractivity contribution in [3.05, 3.63) is 12.2 Å². The van der Waals surface area contributed by atoms with Gasteiger partial charge in [-0.15, -0.1) is 10.2 Å². The molecule has 0 radical (unpaired) electrons. The first-order valence-electron chi connectivity index (χ1n) is 8.32. The van der Waals surface area contributed by atoms with Gasteiger partial charge < -0.3 is 10.1 Å². The van der Waals surface area contributed by atoms with Crippen LogP contribution in [-0.2, 0) is 23.9 Å². The molecule has 11 heteroatoms. The van der Waals surface area contributed by atoms with E-state index in [1.165, 1.54) is 12.0 Å². The molecule has 9 nitrogen and oxygen atoms in total. The van der Waals surface area contributed by atoms with Crippen LogP contribution in [0.1, 0.15) is 19.3 Å². The third-order valence-corrected chi connectivity index (χ3v) is 6.30. The zero-order valence-electron chi connectivity index (χ0n) is 14.5. The van der Waals surface area contributed by atoms with Crippen LogP contribution in [0.2, 0.25) is 0 Å².